The minimum Gasteiger partial charge on any atom is -0.491 e. The van der Waals surface area contributed by atoms with Gasteiger partial charge in [-0.1, -0.05) is 25.5 Å². The number of hydrogen-bond acceptors (Lipinski definition) is 2. The number of ether oxygens (including phenoxy) is 1. The molecule has 0 heterocycles. The first kappa shape index (κ1) is 15.7. The van der Waals surface area contributed by atoms with Crippen molar-refractivity contribution in [1.29, 1.82) is 0 Å². The van der Waals surface area contributed by atoms with E-state index in [9.17, 15) is 4.79 Å². The first-order chi connectivity index (χ1) is 9.11. The quantitative estimate of drug-likeness (QED) is 0.610. The SMILES string of the molecule is CCC(=O)CCCCCc1ccc(OC(C)C)cc1. The third kappa shape index (κ3) is 7.00. The highest BCUT2D eigenvalue weighted by Crippen LogP contribution is 2.15. The highest BCUT2D eigenvalue weighted by molar-refractivity contribution is 5.77. The van der Waals surface area contributed by atoms with Gasteiger partial charge in [0, 0.05) is 12.8 Å². The number of ketones is 1. The second kappa shape index (κ2) is 8.73. The molecule has 1 aromatic carbocycles. The Balaban J connectivity index is 2.21. The summed E-state index contributed by atoms with van der Waals surface area (Å²) in [6, 6.07) is 8.34. The maximum atomic E-state index is 11.2. The lowest BCUT2D eigenvalue weighted by Crippen LogP contribution is -2.05. The van der Waals surface area contributed by atoms with Crippen LogP contribution in [-0.4, -0.2) is 11.9 Å². The number of unbranched alkanes of at least 4 members (excludes halogenated alkanes) is 2. The average Bonchev–Trinajstić information content (AvgIpc) is 2.39. The lowest BCUT2D eigenvalue weighted by Gasteiger charge is -2.10. The minimum atomic E-state index is 0.224. The van der Waals surface area contributed by atoms with Crippen molar-refractivity contribution < 1.29 is 9.53 Å². The van der Waals surface area contributed by atoms with Gasteiger partial charge in [-0.25, -0.2) is 0 Å². The Morgan fingerprint density at radius 1 is 1.11 bits per heavy atom. The van der Waals surface area contributed by atoms with Gasteiger partial charge < -0.3 is 4.74 Å². The van der Waals surface area contributed by atoms with Gasteiger partial charge in [0.25, 0.3) is 0 Å². The van der Waals surface area contributed by atoms with Gasteiger partial charge in [0.2, 0.25) is 0 Å². The number of aryl methyl sites for hydroxylation is 1. The van der Waals surface area contributed by atoms with Gasteiger partial charge in [-0.3, -0.25) is 4.79 Å². The van der Waals surface area contributed by atoms with Crippen molar-refractivity contribution in [3.05, 3.63) is 29.8 Å². The number of benzene rings is 1. The summed E-state index contributed by atoms with van der Waals surface area (Å²) in [7, 11) is 0. The highest BCUT2D eigenvalue weighted by Gasteiger charge is 2.00. The molecule has 0 saturated carbocycles. The molecule has 2 nitrogen and oxygen atoms in total. The van der Waals surface area contributed by atoms with Crippen LogP contribution < -0.4 is 4.74 Å². The van der Waals surface area contributed by atoms with E-state index in [4.69, 9.17) is 4.74 Å². The molecule has 0 unspecified atom stereocenters. The number of carbonyl (C=O) groups excluding carboxylic acids is 1. The van der Waals surface area contributed by atoms with Crippen LogP contribution in [0.5, 0.6) is 5.75 Å². The van der Waals surface area contributed by atoms with Gasteiger partial charge in [0.05, 0.1) is 6.10 Å². The zero-order valence-electron chi connectivity index (χ0n) is 12.4. The van der Waals surface area contributed by atoms with Crippen molar-refractivity contribution in [2.24, 2.45) is 0 Å². The van der Waals surface area contributed by atoms with Gasteiger partial charge in [0.1, 0.15) is 11.5 Å². The van der Waals surface area contributed by atoms with Crippen molar-refractivity contribution in [1.82, 2.24) is 0 Å². The van der Waals surface area contributed by atoms with E-state index in [-0.39, 0.29) is 6.10 Å². The van der Waals surface area contributed by atoms with Crippen LogP contribution in [-0.2, 0) is 11.2 Å². The third-order valence-corrected chi connectivity index (χ3v) is 3.11. The van der Waals surface area contributed by atoms with Gasteiger partial charge in [-0.15, -0.1) is 0 Å². The fourth-order valence-electron chi connectivity index (χ4n) is 2.01. The Morgan fingerprint density at radius 2 is 1.79 bits per heavy atom. The van der Waals surface area contributed by atoms with Crippen molar-refractivity contribution >= 4 is 5.78 Å². The summed E-state index contributed by atoms with van der Waals surface area (Å²) in [5, 5.41) is 0. The first-order valence-electron chi connectivity index (χ1n) is 7.39. The molecule has 0 N–H and O–H groups in total. The maximum absolute atomic E-state index is 11.2. The van der Waals surface area contributed by atoms with Crippen LogP contribution in [0, 0.1) is 0 Å². The minimum absolute atomic E-state index is 0.224. The van der Waals surface area contributed by atoms with E-state index >= 15 is 0 Å². The second-order valence-electron chi connectivity index (χ2n) is 5.26. The monoisotopic (exact) mass is 262 g/mol. The van der Waals surface area contributed by atoms with Gasteiger partial charge >= 0.3 is 0 Å². The molecule has 0 amide bonds. The van der Waals surface area contributed by atoms with Crippen LogP contribution >= 0.6 is 0 Å². The normalized spacial score (nSPS) is 10.7. The van der Waals surface area contributed by atoms with E-state index in [0.717, 1.165) is 37.9 Å². The molecular weight excluding hydrogens is 236 g/mol. The Hall–Kier alpha value is -1.31. The third-order valence-electron chi connectivity index (χ3n) is 3.11. The van der Waals surface area contributed by atoms with Crippen LogP contribution in [0.3, 0.4) is 0 Å². The predicted octanol–water partition coefficient (Wildman–Crippen LogP) is 4.56. The summed E-state index contributed by atoms with van der Waals surface area (Å²) < 4.78 is 5.61. The van der Waals surface area contributed by atoms with Crippen molar-refractivity contribution in [2.75, 3.05) is 0 Å². The molecule has 0 spiro atoms. The summed E-state index contributed by atoms with van der Waals surface area (Å²) in [5.41, 5.74) is 1.35. The van der Waals surface area contributed by atoms with Crippen LogP contribution in [0.15, 0.2) is 24.3 Å². The van der Waals surface area contributed by atoms with Crippen molar-refractivity contribution in [2.45, 2.75) is 65.4 Å². The molecule has 19 heavy (non-hydrogen) atoms. The van der Waals surface area contributed by atoms with Gasteiger partial charge in [-0.05, 0) is 50.8 Å². The topological polar surface area (TPSA) is 26.3 Å². The van der Waals surface area contributed by atoms with E-state index in [0.29, 0.717) is 12.2 Å². The molecule has 0 bridgehead atoms. The van der Waals surface area contributed by atoms with E-state index in [2.05, 4.69) is 12.1 Å². The van der Waals surface area contributed by atoms with Crippen molar-refractivity contribution in [3.8, 4) is 5.75 Å². The zero-order valence-corrected chi connectivity index (χ0v) is 12.4. The standard InChI is InChI=1S/C17H26O2/c1-4-16(18)9-7-5-6-8-15-10-12-17(13-11-15)19-14(2)3/h10-14H,4-9H2,1-3H3. The Kier molecular flexibility index (Phi) is 7.24. The molecule has 0 atom stereocenters. The molecule has 0 saturated heterocycles. The predicted molar refractivity (Wildman–Crippen MR) is 79.7 cm³/mol. The fourth-order valence-corrected chi connectivity index (χ4v) is 2.01. The fraction of sp³-hybridized carbons (Fsp3) is 0.588. The molecule has 0 aliphatic carbocycles. The molecular formula is C17H26O2. The number of carbonyl (C=O) groups is 1. The smallest absolute Gasteiger partial charge is 0.132 e. The lowest BCUT2D eigenvalue weighted by atomic mass is 10.0. The van der Waals surface area contributed by atoms with E-state index in [1.165, 1.54) is 5.56 Å². The molecule has 0 fully saturated rings. The van der Waals surface area contributed by atoms with E-state index in [1.807, 2.05) is 32.9 Å². The second-order valence-corrected chi connectivity index (χ2v) is 5.26. The first-order valence-corrected chi connectivity index (χ1v) is 7.39. The highest BCUT2D eigenvalue weighted by atomic mass is 16.5. The van der Waals surface area contributed by atoms with Crippen LogP contribution in [0.2, 0.25) is 0 Å². The Morgan fingerprint density at radius 3 is 2.37 bits per heavy atom. The molecule has 0 radical (unpaired) electrons. The molecule has 1 rings (SSSR count). The van der Waals surface area contributed by atoms with Crippen LogP contribution in [0.1, 0.15) is 58.4 Å². The van der Waals surface area contributed by atoms with E-state index < -0.39 is 0 Å². The average molecular weight is 262 g/mol. The summed E-state index contributed by atoms with van der Waals surface area (Å²) in [6.07, 6.45) is 6.05. The van der Waals surface area contributed by atoms with Gasteiger partial charge in [0.15, 0.2) is 0 Å². The molecule has 2 heteroatoms. The van der Waals surface area contributed by atoms with E-state index in [1.54, 1.807) is 0 Å². The lowest BCUT2D eigenvalue weighted by molar-refractivity contribution is -0.118. The van der Waals surface area contributed by atoms with Gasteiger partial charge in [-0.2, -0.15) is 0 Å². The Bertz CT molecular complexity index is 365. The summed E-state index contributed by atoms with van der Waals surface area (Å²) >= 11 is 0. The zero-order chi connectivity index (χ0) is 14.1. The molecule has 106 valence electrons. The number of Topliss-reactive ketones (excluding diaryl/α,β-unsaturated/α-hetero) is 1. The summed E-state index contributed by atoms with van der Waals surface area (Å²) in [6.45, 7) is 6.00. The molecule has 1 aromatic rings. The maximum Gasteiger partial charge on any atom is 0.132 e. The molecule has 0 aliphatic rings. The summed E-state index contributed by atoms with van der Waals surface area (Å²) in [5.74, 6) is 1.32. The summed E-state index contributed by atoms with van der Waals surface area (Å²) in [4.78, 5) is 11.2. The number of hydrogen-bond donors (Lipinski definition) is 0. The van der Waals surface area contributed by atoms with Crippen molar-refractivity contribution in [3.63, 3.8) is 0 Å². The van der Waals surface area contributed by atoms with Crippen LogP contribution in [0.25, 0.3) is 0 Å². The largest absolute Gasteiger partial charge is 0.491 e. The molecule has 0 aliphatic heterocycles. The Labute approximate surface area is 117 Å². The number of rotatable bonds is 9. The molecule has 0 aromatic heterocycles. The van der Waals surface area contributed by atoms with Crippen LogP contribution in [0.4, 0.5) is 0 Å².